The monoisotopic (exact) mass is 212 g/mol. The molecule has 1 fully saturated rings. The van der Waals surface area contributed by atoms with E-state index >= 15 is 0 Å². The number of carbonyl (C=O) groups is 1. The van der Waals surface area contributed by atoms with Crippen molar-refractivity contribution in [1.29, 1.82) is 0 Å². The number of piperidine rings is 1. The lowest BCUT2D eigenvalue weighted by Gasteiger charge is -2.30. The van der Waals surface area contributed by atoms with Crippen molar-refractivity contribution >= 4 is 5.91 Å². The van der Waals surface area contributed by atoms with Crippen molar-refractivity contribution in [1.82, 2.24) is 10.6 Å². The van der Waals surface area contributed by atoms with Gasteiger partial charge in [-0.15, -0.1) is 0 Å². The molecule has 0 aromatic carbocycles. The van der Waals surface area contributed by atoms with Gasteiger partial charge in [0.2, 0.25) is 5.91 Å². The van der Waals surface area contributed by atoms with Gasteiger partial charge in [-0.3, -0.25) is 4.79 Å². The lowest BCUT2D eigenvalue weighted by atomic mass is 9.99. The number of nitrogens with one attached hydrogen (secondary N) is 2. The zero-order valence-electron chi connectivity index (χ0n) is 10.2. The van der Waals surface area contributed by atoms with Crippen LogP contribution in [0, 0.1) is 5.92 Å². The van der Waals surface area contributed by atoms with Crippen molar-refractivity contribution in [2.24, 2.45) is 5.92 Å². The van der Waals surface area contributed by atoms with Crippen molar-refractivity contribution in [3.8, 4) is 0 Å². The Morgan fingerprint density at radius 1 is 1.53 bits per heavy atom. The molecule has 0 bridgehead atoms. The topological polar surface area (TPSA) is 41.1 Å². The van der Waals surface area contributed by atoms with Crippen LogP contribution >= 0.6 is 0 Å². The van der Waals surface area contributed by atoms with Crippen molar-refractivity contribution in [3.05, 3.63) is 0 Å². The molecule has 3 heteroatoms. The fourth-order valence-electron chi connectivity index (χ4n) is 1.94. The van der Waals surface area contributed by atoms with Crippen LogP contribution in [0.4, 0.5) is 0 Å². The van der Waals surface area contributed by atoms with Gasteiger partial charge in [0.25, 0.3) is 0 Å². The van der Waals surface area contributed by atoms with Crippen molar-refractivity contribution in [3.63, 3.8) is 0 Å². The zero-order valence-corrected chi connectivity index (χ0v) is 10.2. The molecule has 2 N–H and O–H groups in total. The maximum atomic E-state index is 11.6. The first-order valence-electron chi connectivity index (χ1n) is 6.12. The largest absolute Gasteiger partial charge is 0.352 e. The quantitative estimate of drug-likeness (QED) is 0.744. The van der Waals surface area contributed by atoms with Crippen LogP contribution in [0.15, 0.2) is 0 Å². The molecule has 15 heavy (non-hydrogen) atoms. The van der Waals surface area contributed by atoms with Crippen molar-refractivity contribution in [2.45, 2.75) is 58.5 Å². The molecular formula is C12H24N2O. The molecule has 1 aliphatic rings. The van der Waals surface area contributed by atoms with E-state index in [2.05, 4.69) is 31.4 Å². The molecule has 88 valence electrons. The molecule has 1 amide bonds. The molecule has 2 atom stereocenters. The van der Waals surface area contributed by atoms with Crippen LogP contribution in [-0.2, 0) is 4.79 Å². The highest BCUT2D eigenvalue weighted by Gasteiger charge is 2.21. The fourth-order valence-corrected chi connectivity index (χ4v) is 1.94. The number of carbonyl (C=O) groups excluding carboxylic acids is 1. The molecule has 0 spiro atoms. The van der Waals surface area contributed by atoms with E-state index in [4.69, 9.17) is 0 Å². The van der Waals surface area contributed by atoms with Crippen molar-refractivity contribution < 1.29 is 4.79 Å². The molecule has 1 saturated heterocycles. The summed E-state index contributed by atoms with van der Waals surface area (Å²) in [5.74, 6) is 0.821. The van der Waals surface area contributed by atoms with E-state index in [1.54, 1.807) is 0 Å². The van der Waals surface area contributed by atoms with Crippen LogP contribution < -0.4 is 10.6 Å². The average molecular weight is 212 g/mol. The maximum Gasteiger partial charge on any atom is 0.220 e. The summed E-state index contributed by atoms with van der Waals surface area (Å²) in [6, 6.07) is 0.750. The van der Waals surface area contributed by atoms with Crippen LogP contribution in [0.5, 0.6) is 0 Å². The molecule has 3 nitrogen and oxygen atoms in total. The van der Waals surface area contributed by atoms with Gasteiger partial charge in [0.05, 0.1) is 0 Å². The SMILES string of the molecule is CC(C)CCC(=O)NC1CCCNC1C. The Labute approximate surface area is 93.0 Å². The molecular weight excluding hydrogens is 188 g/mol. The lowest BCUT2D eigenvalue weighted by molar-refractivity contribution is -0.122. The first-order valence-corrected chi connectivity index (χ1v) is 6.12. The van der Waals surface area contributed by atoms with Crippen molar-refractivity contribution in [2.75, 3.05) is 6.54 Å². The molecule has 0 aromatic heterocycles. The molecule has 0 saturated carbocycles. The normalized spacial score (nSPS) is 26.7. The van der Waals surface area contributed by atoms with Crippen LogP contribution in [0.25, 0.3) is 0 Å². The van der Waals surface area contributed by atoms with Gasteiger partial charge in [0, 0.05) is 18.5 Å². The van der Waals surface area contributed by atoms with Gasteiger partial charge in [0.1, 0.15) is 0 Å². The van der Waals surface area contributed by atoms with Gasteiger partial charge in [0.15, 0.2) is 0 Å². The maximum absolute atomic E-state index is 11.6. The summed E-state index contributed by atoms with van der Waals surface area (Å²) in [5, 5.41) is 6.51. The number of rotatable bonds is 4. The van der Waals surface area contributed by atoms with Crippen LogP contribution in [0.3, 0.4) is 0 Å². The summed E-state index contributed by atoms with van der Waals surface area (Å²) in [6.45, 7) is 7.53. The Kier molecular flexibility index (Phi) is 5.09. The molecule has 2 unspecified atom stereocenters. The average Bonchev–Trinajstić information content (AvgIpc) is 2.18. The first kappa shape index (κ1) is 12.5. The second-order valence-electron chi connectivity index (χ2n) is 4.99. The minimum atomic E-state index is 0.212. The van der Waals surface area contributed by atoms with E-state index in [0.717, 1.165) is 19.4 Å². The van der Waals surface area contributed by atoms with E-state index in [-0.39, 0.29) is 5.91 Å². The van der Waals surface area contributed by atoms with Crippen LogP contribution in [-0.4, -0.2) is 24.5 Å². The number of hydrogen-bond acceptors (Lipinski definition) is 2. The summed E-state index contributed by atoms with van der Waals surface area (Å²) in [7, 11) is 0. The minimum absolute atomic E-state index is 0.212. The molecule has 1 heterocycles. The Morgan fingerprint density at radius 3 is 2.87 bits per heavy atom. The number of amides is 1. The molecule has 1 rings (SSSR count). The zero-order chi connectivity index (χ0) is 11.3. The summed E-state index contributed by atoms with van der Waals surface area (Å²) < 4.78 is 0. The van der Waals surface area contributed by atoms with E-state index < -0.39 is 0 Å². The van der Waals surface area contributed by atoms with Gasteiger partial charge in [-0.05, 0) is 38.6 Å². The van der Waals surface area contributed by atoms with Gasteiger partial charge < -0.3 is 10.6 Å². The predicted octanol–water partition coefficient (Wildman–Crippen LogP) is 1.68. The Hall–Kier alpha value is -0.570. The molecule has 0 aromatic rings. The first-order chi connectivity index (χ1) is 7.09. The van der Waals surface area contributed by atoms with E-state index in [1.807, 2.05) is 0 Å². The highest BCUT2D eigenvalue weighted by molar-refractivity contribution is 5.76. The third-order valence-corrected chi connectivity index (χ3v) is 3.06. The predicted molar refractivity (Wildman–Crippen MR) is 62.7 cm³/mol. The molecule has 1 aliphatic heterocycles. The number of hydrogen-bond donors (Lipinski definition) is 2. The second kappa shape index (κ2) is 6.11. The van der Waals surface area contributed by atoms with Crippen LogP contribution in [0.2, 0.25) is 0 Å². The summed E-state index contributed by atoms with van der Waals surface area (Å²) in [5.41, 5.74) is 0. The highest BCUT2D eigenvalue weighted by Crippen LogP contribution is 2.09. The Balaban J connectivity index is 2.24. The minimum Gasteiger partial charge on any atom is -0.352 e. The highest BCUT2D eigenvalue weighted by atomic mass is 16.1. The fraction of sp³-hybridized carbons (Fsp3) is 0.917. The third-order valence-electron chi connectivity index (χ3n) is 3.06. The lowest BCUT2D eigenvalue weighted by Crippen LogP contribution is -2.51. The molecule has 0 radical (unpaired) electrons. The van der Waals surface area contributed by atoms with Gasteiger partial charge in [-0.2, -0.15) is 0 Å². The Morgan fingerprint density at radius 2 is 2.27 bits per heavy atom. The third kappa shape index (κ3) is 4.65. The standard InChI is InChI=1S/C12H24N2O/c1-9(2)6-7-12(15)14-11-5-4-8-13-10(11)3/h9-11,13H,4-8H2,1-3H3,(H,14,15). The van der Waals surface area contributed by atoms with Crippen LogP contribution in [0.1, 0.15) is 46.5 Å². The Bertz CT molecular complexity index is 204. The molecule has 0 aliphatic carbocycles. The van der Waals surface area contributed by atoms with Gasteiger partial charge in [-0.25, -0.2) is 0 Å². The van der Waals surface area contributed by atoms with E-state index in [9.17, 15) is 4.79 Å². The second-order valence-corrected chi connectivity index (χ2v) is 4.99. The summed E-state index contributed by atoms with van der Waals surface area (Å²) in [6.07, 6.45) is 3.93. The smallest absolute Gasteiger partial charge is 0.220 e. The van der Waals surface area contributed by atoms with E-state index in [0.29, 0.717) is 24.4 Å². The summed E-state index contributed by atoms with van der Waals surface area (Å²) >= 11 is 0. The van der Waals surface area contributed by atoms with Gasteiger partial charge >= 0.3 is 0 Å². The van der Waals surface area contributed by atoms with E-state index in [1.165, 1.54) is 6.42 Å². The van der Waals surface area contributed by atoms with Gasteiger partial charge in [-0.1, -0.05) is 13.8 Å². The summed E-state index contributed by atoms with van der Waals surface area (Å²) in [4.78, 5) is 11.6.